The number of hydrogen-bond donors (Lipinski definition) is 2. The monoisotopic (exact) mass is 348 g/mol. The molecular formula is C18H28N4OS. The van der Waals surface area contributed by atoms with Crippen LogP contribution in [0.15, 0.2) is 16.2 Å². The molecule has 0 aromatic carbocycles. The van der Waals surface area contributed by atoms with Gasteiger partial charge in [0.05, 0.1) is 18.4 Å². The van der Waals surface area contributed by atoms with E-state index in [1.807, 2.05) is 11.3 Å². The van der Waals surface area contributed by atoms with Gasteiger partial charge in [-0.1, -0.05) is 13.8 Å². The molecule has 1 spiro atoms. The summed E-state index contributed by atoms with van der Waals surface area (Å²) >= 11 is 1.92. The fourth-order valence-electron chi connectivity index (χ4n) is 4.00. The third kappa shape index (κ3) is 3.03. The Labute approximate surface area is 148 Å². The zero-order chi connectivity index (χ0) is 17.3. The van der Waals surface area contributed by atoms with Crippen LogP contribution in [0.4, 0.5) is 0 Å². The van der Waals surface area contributed by atoms with Crippen LogP contribution < -0.4 is 11.2 Å². The van der Waals surface area contributed by atoms with E-state index in [1.165, 1.54) is 15.3 Å². The first-order valence-electron chi connectivity index (χ1n) is 8.76. The van der Waals surface area contributed by atoms with Crippen molar-refractivity contribution in [3.8, 4) is 0 Å². The molecule has 1 fully saturated rings. The Bertz CT molecular complexity index is 653. The highest BCUT2D eigenvalue weighted by Gasteiger charge is 2.47. The average Bonchev–Trinajstić information content (AvgIpc) is 3.02. The van der Waals surface area contributed by atoms with Gasteiger partial charge in [0.2, 0.25) is 0 Å². The van der Waals surface area contributed by atoms with Crippen LogP contribution in [0.5, 0.6) is 0 Å². The minimum Gasteiger partial charge on any atom is -0.369 e. The smallest absolute Gasteiger partial charge is 0.106 e. The number of nitrogens with zero attached hydrogens (tertiary/aromatic N) is 2. The number of thiophene rings is 1. The van der Waals surface area contributed by atoms with Crippen LogP contribution in [0, 0.1) is 0 Å². The van der Waals surface area contributed by atoms with E-state index in [1.54, 1.807) is 13.3 Å². The second kappa shape index (κ2) is 6.94. The number of hydrazone groups is 1. The fraction of sp³-hybridized carbons (Fsp3) is 0.667. The van der Waals surface area contributed by atoms with Crippen LogP contribution >= 0.6 is 11.3 Å². The SMILES string of the molecule is CCc1cc2c(s1)[C@]1(C[C@@H](/C(C=NC)=N/N)N[C@@H](C)C1)OCC2C. The molecule has 3 N–H and O–H groups in total. The van der Waals surface area contributed by atoms with Crippen molar-refractivity contribution in [1.29, 1.82) is 0 Å². The number of aryl methyl sites for hydroxylation is 1. The molecule has 0 saturated carbocycles. The normalized spacial score (nSPS) is 34.0. The maximum absolute atomic E-state index is 6.51. The summed E-state index contributed by atoms with van der Waals surface area (Å²) in [4.78, 5) is 6.96. The van der Waals surface area contributed by atoms with Crippen molar-refractivity contribution in [3.63, 3.8) is 0 Å². The molecule has 24 heavy (non-hydrogen) atoms. The molecule has 0 amide bonds. The summed E-state index contributed by atoms with van der Waals surface area (Å²) in [5, 5.41) is 7.57. The number of aliphatic imine (C=N–C) groups is 1. The Kier molecular flexibility index (Phi) is 5.08. The Balaban J connectivity index is 2.00. The second-order valence-corrected chi connectivity index (χ2v) is 8.16. The molecule has 0 radical (unpaired) electrons. The van der Waals surface area contributed by atoms with Gasteiger partial charge in [-0.15, -0.1) is 11.3 Å². The molecular weight excluding hydrogens is 320 g/mol. The fourth-order valence-corrected chi connectivity index (χ4v) is 5.38. The van der Waals surface area contributed by atoms with Crippen LogP contribution in [0.25, 0.3) is 0 Å². The number of nitrogens with two attached hydrogens (primary N) is 1. The van der Waals surface area contributed by atoms with E-state index in [9.17, 15) is 0 Å². The number of fused-ring (bicyclic) bond motifs is 2. The Hall–Kier alpha value is -1.24. The lowest BCUT2D eigenvalue weighted by Crippen LogP contribution is -2.56. The first-order valence-corrected chi connectivity index (χ1v) is 9.57. The lowest BCUT2D eigenvalue weighted by molar-refractivity contribution is -0.0959. The van der Waals surface area contributed by atoms with Crippen molar-refractivity contribution in [1.82, 2.24) is 5.32 Å². The molecule has 0 bridgehead atoms. The highest BCUT2D eigenvalue weighted by atomic mass is 32.1. The van der Waals surface area contributed by atoms with Gasteiger partial charge < -0.3 is 15.9 Å². The molecule has 1 saturated heterocycles. The number of hydrogen-bond acceptors (Lipinski definition) is 6. The summed E-state index contributed by atoms with van der Waals surface area (Å²) in [6.45, 7) is 7.47. The third-order valence-electron chi connectivity index (χ3n) is 5.14. The van der Waals surface area contributed by atoms with Gasteiger partial charge in [0.1, 0.15) is 5.60 Å². The zero-order valence-electron chi connectivity index (χ0n) is 15.0. The van der Waals surface area contributed by atoms with Crippen LogP contribution in [0.3, 0.4) is 0 Å². The molecule has 2 aliphatic heterocycles. The topological polar surface area (TPSA) is 72.0 Å². The molecule has 0 aliphatic carbocycles. The molecule has 1 aromatic rings. The maximum atomic E-state index is 6.51. The van der Waals surface area contributed by atoms with E-state index in [-0.39, 0.29) is 11.6 Å². The number of piperidine rings is 1. The molecule has 3 heterocycles. The summed E-state index contributed by atoms with van der Waals surface area (Å²) in [5.41, 5.74) is 2.04. The molecule has 5 nitrogen and oxygen atoms in total. The van der Waals surface area contributed by atoms with Crippen LogP contribution in [0.1, 0.15) is 54.8 Å². The second-order valence-electron chi connectivity index (χ2n) is 7.03. The van der Waals surface area contributed by atoms with Crippen molar-refractivity contribution in [2.45, 2.75) is 63.6 Å². The van der Waals surface area contributed by atoms with Crippen LogP contribution in [-0.2, 0) is 16.8 Å². The Morgan fingerprint density at radius 1 is 1.50 bits per heavy atom. The minimum atomic E-state index is -0.229. The molecule has 132 valence electrons. The molecule has 6 heteroatoms. The van der Waals surface area contributed by atoms with Crippen LogP contribution in [0.2, 0.25) is 0 Å². The predicted molar refractivity (Wildman–Crippen MR) is 101 cm³/mol. The van der Waals surface area contributed by atoms with E-state index in [0.717, 1.165) is 31.6 Å². The van der Waals surface area contributed by atoms with E-state index >= 15 is 0 Å². The van der Waals surface area contributed by atoms with Gasteiger partial charge in [0, 0.05) is 41.4 Å². The summed E-state index contributed by atoms with van der Waals surface area (Å²) in [6, 6.07) is 2.79. The minimum absolute atomic E-state index is 0.0656. The van der Waals surface area contributed by atoms with Gasteiger partial charge in [-0.2, -0.15) is 5.10 Å². The van der Waals surface area contributed by atoms with Crippen molar-refractivity contribution >= 4 is 23.3 Å². The van der Waals surface area contributed by atoms with E-state index in [0.29, 0.717) is 12.0 Å². The lowest BCUT2D eigenvalue weighted by Gasteiger charge is -2.47. The molecule has 4 atom stereocenters. The van der Waals surface area contributed by atoms with E-state index in [2.05, 4.69) is 42.2 Å². The molecule has 2 aliphatic rings. The Morgan fingerprint density at radius 2 is 2.29 bits per heavy atom. The first-order chi connectivity index (χ1) is 11.5. The van der Waals surface area contributed by atoms with Crippen molar-refractivity contribution < 1.29 is 4.74 Å². The molecule has 3 rings (SSSR count). The largest absolute Gasteiger partial charge is 0.369 e. The van der Waals surface area contributed by atoms with E-state index in [4.69, 9.17) is 10.6 Å². The van der Waals surface area contributed by atoms with Crippen molar-refractivity contribution in [2.75, 3.05) is 13.7 Å². The zero-order valence-corrected chi connectivity index (χ0v) is 15.8. The Morgan fingerprint density at radius 3 is 2.96 bits per heavy atom. The molecule has 1 aromatic heterocycles. The number of rotatable bonds is 3. The number of nitrogens with one attached hydrogen (secondary N) is 1. The maximum Gasteiger partial charge on any atom is 0.106 e. The number of ether oxygens (including phenoxy) is 1. The van der Waals surface area contributed by atoms with Crippen LogP contribution in [-0.4, -0.2) is 37.7 Å². The highest BCUT2D eigenvalue weighted by molar-refractivity contribution is 7.12. The first kappa shape index (κ1) is 17.6. The summed E-state index contributed by atoms with van der Waals surface area (Å²) in [5.74, 6) is 6.08. The lowest BCUT2D eigenvalue weighted by atomic mass is 9.77. The average molecular weight is 349 g/mol. The summed E-state index contributed by atoms with van der Waals surface area (Å²) in [7, 11) is 1.75. The quantitative estimate of drug-likeness (QED) is 0.501. The van der Waals surface area contributed by atoms with Gasteiger partial charge in [0.15, 0.2) is 0 Å². The summed E-state index contributed by atoms with van der Waals surface area (Å²) in [6.07, 6.45) is 4.66. The van der Waals surface area contributed by atoms with Crippen molar-refractivity contribution in [3.05, 3.63) is 21.4 Å². The molecule has 1 unspecified atom stereocenters. The summed E-state index contributed by atoms with van der Waals surface area (Å²) < 4.78 is 6.51. The highest BCUT2D eigenvalue weighted by Crippen LogP contribution is 2.49. The van der Waals surface area contributed by atoms with Gasteiger partial charge in [-0.25, -0.2) is 0 Å². The van der Waals surface area contributed by atoms with Gasteiger partial charge >= 0.3 is 0 Å². The van der Waals surface area contributed by atoms with Gasteiger partial charge in [0.25, 0.3) is 0 Å². The van der Waals surface area contributed by atoms with Gasteiger partial charge in [-0.3, -0.25) is 4.99 Å². The standard InChI is InChI=1S/C18H28N4OS/c1-5-13-6-14-11(2)10-23-18(17(14)24-13)7-12(3)21-15(8-18)16(22-19)9-20-4/h6,9,11-12,15,21H,5,7-8,10,19H2,1-4H3/b20-9?,22-16+/t11?,12-,15-,18-/m0/s1. The predicted octanol–water partition coefficient (Wildman–Crippen LogP) is 2.80. The van der Waals surface area contributed by atoms with Gasteiger partial charge in [-0.05, 0) is 31.4 Å². The van der Waals surface area contributed by atoms with Crippen molar-refractivity contribution in [2.24, 2.45) is 15.9 Å². The van der Waals surface area contributed by atoms with E-state index < -0.39 is 0 Å². The third-order valence-corrected chi connectivity index (χ3v) is 6.62.